The number of ketones is 1. The fraction of sp³-hybridized carbons (Fsp3) is 0.400. The first-order valence-corrected chi connectivity index (χ1v) is 10.3. The van der Waals surface area contributed by atoms with Crippen molar-refractivity contribution in [3.8, 4) is 0 Å². The first-order valence-electron chi connectivity index (χ1n) is 10.3. The smallest absolute Gasteiger partial charge is 0.377 e. The van der Waals surface area contributed by atoms with Gasteiger partial charge in [0.2, 0.25) is 0 Å². The lowest BCUT2D eigenvalue weighted by Gasteiger charge is -2.20. The van der Waals surface area contributed by atoms with Gasteiger partial charge in [-0.2, -0.15) is 0 Å². The van der Waals surface area contributed by atoms with E-state index in [4.69, 9.17) is 20.4 Å². The number of aliphatic hydroxyl groups excluding tert-OH is 2. The number of aliphatic carboxylic acids is 1. The molecule has 0 aromatic heterocycles. The number of carbonyl (C=O) groups excluding carboxylic acids is 1. The highest BCUT2D eigenvalue weighted by molar-refractivity contribution is 6.40. The molecule has 0 saturated carbocycles. The minimum atomic E-state index is -1.40. The van der Waals surface area contributed by atoms with Crippen LogP contribution in [0.5, 0.6) is 0 Å². The highest BCUT2D eigenvalue weighted by Crippen LogP contribution is 2.17. The topological polar surface area (TPSA) is 132 Å². The number of carboxylic acid groups (broad SMARTS) is 2. The van der Waals surface area contributed by atoms with Crippen LogP contribution in [0.4, 0.5) is 0 Å². The van der Waals surface area contributed by atoms with E-state index in [-0.39, 0.29) is 5.92 Å². The molecule has 7 nitrogen and oxygen atoms in total. The fourth-order valence-electron chi connectivity index (χ4n) is 3.31. The molecule has 0 aliphatic carbocycles. The highest BCUT2D eigenvalue weighted by atomic mass is 16.4. The molecule has 2 unspecified atom stereocenters. The molecular formula is C25H34O7. The zero-order valence-electron chi connectivity index (χ0n) is 19.5. The van der Waals surface area contributed by atoms with Crippen molar-refractivity contribution >= 4 is 17.7 Å². The van der Waals surface area contributed by atoms with Gasteiger partial charge in [-0.15, -0.1) is 0 Å². The third-order valence-electron chi connectivity index (χ3n) is 4.83. The van der Waals surface area contributed by atoms with E-state index in [1.165, 1.54) is 0 Å². The molecule has 0 fully saturated rings. The molecule has 2 aromatic carbocycles. The molecule has 0 spiro atoms. The number of aryl methyl sites for hydroxylation is 3. The minimum Gasteiger partial charge on any atom is -0.478 e. The average molecular weight is 447 g/mol. The molecule has 0 amide bonds. The van der Waals surface area contributed by atoms with E-state index in [1.54, 1.807) is 58.0 Å². The number of Topliss-reactive ketones (excluding diaryl/α,β-unsaturated/α-hetero) is 1. The highest BCUT2D eigenvalue weighted by Gasteiger charge is 2.19. The SMILES string of the molecule is CCC(C(C)O)C(C)O.Cc1cc(C)c(C(=O)C(=O)O)c(C)c1.O=C(O)c1ccccc1. The van der Waals surface area contributed by atoms with Crippen LogP contribution in [0.2, 0.25) is 0 Å². The summed E-state index contributed by atoms with van der Waals surface area (Å²) in [6.45, 7) is 10.8. The van der Waals surface area contributed by atoms with Crippen LogP contribution in [0.15, 0.2) is 42.5 Å². The lowest BCUT2D eigenvalue weighted by molar-refractivity contribution is -0.131. The molecule has 0 aliphatic heterocycles. The number of aliphatic hydroxyl groups is 2. The zero-order valence-corrected chi connectivity index (χ0v) is 19.5. The minimum absolute atomic E-state index is 0.0324. The second-order valence-corrected chi connectivity index (χ2v) is 7.63. The standard InChI is InChI=1S/C11H12O3.C7H6O2.C7H16O2/c1-6-4-7(2)9(8(3)5-6)10(12)11(13)14;8-7(9)6-4-2-1-3-5-6;1-4-7(5(2)8)6(3)9/h4-5H,1-3H3,(H,13,14);1-5H,(H,8,9);5-9H,4H2,1-3H3. The van der Waals surface area contributed by atoms with Crippen molar-refractivity contribution in [3.63, 3.8) is 0 Å². The Hall–Kier alpha value is -3.03. The van der Waals surface area contributed by atoms with E-state index in [1.807, 2.05) is 26.0 Å². The van der Waals surface area contributed by atoms with Crippen LogP contribution in [0, 0.1) is 26.7 Å². The predicted molar refractivity (Wildman–Crippen MR) is 123 cm³/mol. The number of benzene rings is 2. The first-order chi connectivity index (χ1) is 14.8. The third kappa shape index (κ3) is 9.85. The Kier molecular flexibility index (Phi) is 12.8. The van der Waals surface area contributed by atoms with Gasteiger partial charge in [0.15, 0.2) is 0 Å². The maximum atomic E-state index is 11.3. The van der Waals surface area contributed by atoms with E-state index < -0.39 is 29.9 Å². The summed E-state index contributed by atoms with van der Waals surface area (Å²) in [6, 6.07) is 11.9. The Morgan fingerprint density at radius 1 is 0.844 bits per heavy atom. The lowest BCUT2D eigenvalue weighted by atomic mass is 9.95. The van der Waals surface area contributed by atoms with Gasteiger partial charge in [-0.05, 0) is 64.3 Å². The van der Waals surface area contributed by atoms with E-state index in [0.717, 1.165) is 23.1 Å². The van der Waals surface area contributed by atoms with Crippen molar-refractivity contribution in [2.24, 2.45) is 5.92 Å². The summed E-state index contributed by atoms with van der Waals surface area (Å²) in [4.78, 5) is 32.0. The number of hydrogen-bond acceptors (Lipinski definition) is 5. The molecule has 4 N–H and O–H groups in total. The van der Waals surface area contributed by atoms with Gasteiger partial charge >= 0.3 is 11.9 Å². The van der Waals surface area contributed by atoms with Gasteiger partial charge in [0.05, 0.1) is 17.8 Å². The van der Waals surface area contributed by atoms with Gasteiger partial charge in [0, 0.05) is 11.5 Å². The molecule has 32 heavy (non-hydrogen) atoms. The number of carbonyl (C=O) groups is 3. The Morgan fingerprint density at radius 3 is 1.53 bits per heavy atom. The van der Waals surface area contributed by atoms with Crippen LogP contribution < -0.4 is 0 Å². The molecule has 7 heteroatoms. The molecule has 0 aliphatic rings. The molecule has 0 radical (unpaired) electrons. The molecule has 0 saturated heterocycles. The number of rotatable bonds is 6. The number of carboxylic acids is 2. The number of aromatic carboxylic acids is 1. The molecule has 0 bridgehead atoms. The molecule has 0 heterocycles. The summed E-state index contributed by atoms with van der Waals surface area (Å²) in [6.07, 6.45) is 0.0417. The van der Waals surface area contributed by atoms with E-state index in [2.05, 4.69) is 0 Å². The summed E-state index contributed by atoms with van der Waals surface area (Å²) in [5.41, 5.74) is 3.10. The van der Waals surface area contributed by atoms with Gasteiger partial charge in [0.25, 0.3) is 5.78 Å². The van der Waals surface area contributed by atoms with Crippen LogP contribution in [0.25, 0.3) is 0 Å². The van der Waals surface area contributed by atoms with E-state index in [9.17, 15) is 14.4 Å². The quantitative estimate of drug-likeness (QED) is 0.389. The molecule has 2 rings (SSSR count). The van der Waals surface area contributed by atoms with Crippen molar-refractivity contribution < 1.29 is 34.8 Å². The van der Waals surface area contributed by atoms with E-state index in [0.29, 0.717) is 11.1 Å². The maximum absolute atomic E-state index is 11.3. The van der Waals surface area contributed by atoms with Crippen LogP contribution in [-0.2, 0) is 4.79 Å². The zero-order chi connectivity index (χ0) is 25.0. The second-order valence-electron chi connectivity index (χ2n) is 7.63. The lowest BCUT2D eigenvalue weighted by Crippen LogP contribution is -2.26. The van der Waals surface area contributed by atoms with Crippen molar-refractivity contribution in [2.45, 2.75) is 60.2 Å². The monoisotopic (exact) mass is 446 g/mol. The van der Waals surface area contributed by atoms with Gasteiger partial charge in [-0.1, -0.05) is 42.8 Å². The summed E-state index contributed by atoms with van der Waals surface area (Å²) >= 11 is 0. The molecule has 2 atom stereocenters. The van der Waals surface area contributed by atoms with Crippen molar-refractivity contribution in [2.75, 3.05) is 0 Å². The van der Waals surface area contributed by atoms with Gasteiger partial charge in [0.1, 0.15) is 0 Å². The van der Waals surface area contributed by atoms with Gasteiger partial charge in [-0.3, -0.25) is 4.79 Å². The Morgan fingerprint density at radius 2 is 1.28 bits per heavy atom. The van der Waals surface area contributed by atoms with Crippen LogP contribution in [0.1, 0.15) is 64.6 Å². The van der Waals surface area contributed by atoms with E-state index >= 15 is 0 Å². The maximum Gasteiger partial charge on any atom is 0.377 e. The largest absolute Gasteiger partial charge is 0.478 e. The Balaban J connectivity index is 0.000000470. The Labute approximate surface area is 189 Å². The van der Waals surface area contributed by atoms with Crippen LogP contribution in [-0.4, -0.2) is 50.4 Å². The van der Waals surface area contributed by atoms with Crippen LogP contribution >= 0.6 is 0 Å². The van der Waals surface area contributed by atoms with Crippen molar-refractivity contribution in [3.05, 3.63) is 70.3 Å². The van der Waals surface area contributed by atoms with Crippen molar-refractivity contribution in [1.82, 2.24) is 0 Å². The third-order valence-corrected chi connectivity index (χ3v) is 4.83. The summed E-state index contributed by atoms with van der Waals surface area (Å²) in [5, 5.41) is 35.0. The first kappa shape index (κ1) is 29.0. The second kappa shape index (κ2) is 14.1. The summed E-state index contributed by atoms with van der Waals surface area (Å²) < 4.78 is 0. The number of hydrogen-bond donors (Lipinski definition) is 4. The summed E-state index contributed by atoms with van der Waals surface area (Å²) in [7, 11) is 0. The Bertz CT molecular complexity index is 855. The molecule has 176 valence electrons. The normalized spacial score (nSPS) is 12.8. The summed E-state index contributed by atoms with van der Waals surface area (Å²) in [5.74, 6) is -3.08. The van der Waals surface area contributed by atoms with Gasteiger partial charge in [-0.25, -0.2) is 9.59 Å². The van der Waals surface area contributed by atoms with Crippen LogP contribution in [0.3, 0.4) is 0 Å². The molecular weight excluding hydrogens is 412 g/mol. The van der Waals surface area contributed by atoms with Crippen molar-refractivity contribution in [1.29, 1.82) is 0 Å². The molecule has 2 aromatic rings. The fourth-order valence-corrected chi connectivity index (χ4v) is 3.31. The predicted octanol–water partition coefficient (Wildman–Crippen LogP) is 4.04. The van der Waals surface area contributed by atoms with Gasteiger partial charge < -0.3 is 20.4 Å². The average Bonchev–Trinajstić information content (AvgIpc) is 2.68.